The number of carbonyl (C=O) groups excluding carboxylic acids is 1. The molecule has 5 rings (SSSR count). The van der Waals surface area contributed by atoms with Crippen molar-refractivity contribution in [2.45, 2.75) is 40.2 Å². The number of rotatable bonds is 7. The summed E-state index contributed by atoms with van der Waals surface area (Å²) in [5.41, 5.74) is 4.59. The molecule has 0 aliphatic carbocycles. The predicted molar refractivity (Wildman–Crippen MR) is 135 cm³/mol. The summed E-state index contributed by atoms with van der Waals surface area (Å²) < 4.78 is 3.49. The van der Waals surface area contributed by atoms with Gasteiger partial charge in [-0.2, -0.15) is 9.61 Å². The van der Waals surface area contributed by atoms with Crippen LogP contribution in [-0.4, -0.2) is 76.4 Å². The molecule has 0 N–H and O–H groups in total. The third-order valence-corrected chi connectivity index (χ3v) is 6.90. The summed E-state index contributed by atoms with van der Waals surface area (Å²) in [7, 11) is 0. The Labute approximate surface area is 213 Å². The number of carbonyl (C=O) groups is 1. The van der Waals surface area contributed by atoms with Crippen molar-refractivity contribution in [1.29, 1.82) is 0 Å². The van der Waals surface area contributed by atoms with E-state index in [4.69, 9.17) is 0 Å². The minimum absolute atomic E-state index is 0.102. The maximum absolute atomic E-state index is 13.0. The number of nitro groups is 1. The summed E-state index contributed by atoms with van der Waals surface area (Å²) in [6.45, 7) is 9.21. The number of aromatic nitrogens is 6. The van der Waals surface area contributed by atoms with Crippen molar-refractivity contribution >= 4 is 17.2 Å². The second kappa shape index (κ2) is 10.1. The molecule has 1 aromatic carbocycles. The van der Waals surface area contributed by atoms with E-state index in [-0.39, 0.29) is 16.5 Å². The maximum atomic E-state index is 13.0. The van der Waals surface area contributed by atoms with E-state index in [1.807, 2.05) is 43.9 Å². The zero-order chi connectivity index (χ0) is 26.1. The summed E-state index contributed by atoms with van der Waals surface area (Å²) in [5.74, 6) is 1.50. The van der Waals surface area contributed by atoms with Crippen LogP contribution in [0.5, 0.6) is 0 Å². The van der Waals surface area contributed by atoms with E-state index < -0.39 is 0 Å². The first-order chi connectivity index (χ1) is 17.8. The molecule has 1 aliphatic rings. The Hall–Kier alpha value is -4.19. The molecule has 4 aromatic rings. The first kappa shape index (κ1) is 24.5. The van der Waals surface area contributed by atoms with Gasteiger partial charge in [0.2, 0.25) is 5.91 Å². The molecule has 12 nitrogen and oxygen atoms in total. The molecule has 1 amide bonds. The van der Waals surface area contributed by atoms with Crippen LogP contribution < -0.4 is 0 Å². The van der Waals surface area contributed by atoms with E-state index in [1.165, 1.54) is 6.07 Å². The molecular weight excluding hydrogens is 474 g/mol. The fraction of sp³-hybridized carbons (Fsp3) is 0.400. The number of nitro benzene ring substituents is 1. The van der Waals surface area contributed by atoms with Gasteiger partial charge in [-0.25, -0.2) is 4.68 Å². The van der Waals surface area contributed by atoms with Gasteiger partial charge in [0.05, 0.1) is 10.6 Å². The van der Waals surface area contributed by atoms with Crippen molar-refractivity contribution < 1.29 is 9.72 Å². The Kier molecular flexibility index (Phi) is 6.66. The molecule has 0 unspecified atom stereocenters. The van der Waals surface area contributed by atoms with Crippen LogP contribution in [-0.2, 0) is 17.8 Å². The number of hydrogen-bond donors (Lipinski definition) is 0. The van der Waals surface area contributed by atoms with E-state index in [1.54, 1.807) is 21.3 Å². The van der Waals surface area contributed by atoms with Gasteiger partial charge in [0.25, 0.3) is 5.69 Å². The summed E-state index contributed by atoms with van der Waals surface area (Å²) in [4.78, 5) is 27.8. The molecule has 192 valence electrons. The molecule has 0 bridgehead atoms. The SMILES string of the molecule is Cc1nn(-c2ccc3nnc(C)n3n2)c(C)c1CCC(=O)N1CCN(Cc2cccc([N+](=O)[O-])c2)CC1. The van der Waals surface area contributed by atoms with E-state index in [9.17, 15) is 14.9 Å². The van der Waals surface area contributed by atoms with Crippen molar-refractivity contribution in [2.75, 3.05) is 26.2 Å². The summed E-state index contributed by atoms with van der Waals surface area (Å²) >= 11 is 0. The standard InChI is InChI=1S/C25H29N9O3/c1-17-22(18(2)32(28-17)24-9-8-23-27-26-19(3)33(23)29-24)7-10-25(35)31-13-11-30(12-14-31)16-20-5-4-6-21(15-20)34(36)37/h4-6,8-9,15H,7,10-14,16H2,1-3H3. The number of hydrogen-bond acceptors (Lipinski definition) is 8. The Morgan fingerprint density at radius 2 is 1.81 bits per heavy atom. The van der Waals surface area contributed by atoms with Crippen LogP contribution in [0.3, 0.4) is 0 Å². The summed E-state index contributed by atoms with van der Waals surface area (Å²) in [6, 6.07) is 10.5. The highest BCUT2D eigenvalue weighted by Crippen LogP contribution is 2.20. The van der Waals surface area contributed by atoms with E-state index >= 15 is 0 Å². The predicted octanol–water partition coefficient (Wildman–Crippen LogP) is 2.42. The van der Waals surface area contributed by atoms with Gasteiger partial charge in [0.15, 0.2) is 17.3 Å². The fourth-order valence-electron chi connectivity index (χ4n) is 4.83. The highest BCUT2D eigenvalue weighted by atomic mass is 16.6. The van der Waals surface area contributed by atoms with E-state index in [2.05, 4.69) is 25.3 Å². The number of benzene rings is 1. The lowest BCUT2D eigenvalue weighted by molar-refractivity contribution is -0.384. The molecule has 4 heterocycles. The molecule has 12 heteroatoms. The van der Waals surface area contributed by atoms with E-state index in [0.29, 0.717) is 49.8 Å². The molecule has 3 aromatic heterocycles. The minimum atomic E-state index is -0.375. The van der Waals surface area contributed by atoms with Crippen molar-refractivity contribution in [3.05, 3.63) is 74.9 Å². The molecule has 0 radical (unpaired) electrons. The van der Waals surface area contributed by atoms with Gasteiger partial charge in [0, 0.05) is 57.0 Å². The van der Waals surface area contributed by atoms with Gasteiger partial charge >= 0.3 is 0 Å². The summed E-state index contributed by atoms with van der Waals surface area (Å²) in [5, 5.41) is 28.5. The molecule has 0 spiro atoms. The monoisotopic (exact) mass is 503 g/mol. The smallest absolute Gasteiger partial charge is 0.269 e. The van der Waals surface area contributed by atoms with Crippen LogP contribution >= 0.6 is 0 Å². The average Bonchev–Trinajstić information content (AvgIpc) is 3.41. The molecule has 0 saturated carbocycles. The molecule has 37 heavy (non-hydrogen) atoms. The largest absolute Gasteiger partial charge is 0.340 e. The second-order valence-electron chi connectivity index (χ2n) is 9.35. The number of amides is 1. The number of nitrogens with zero attached hydrogens (tertiary/aromatic N) is 9. The van der Waals surface area contributed by atoms with Crippen LogP contribution in [0.4, 0.5) is 5.69 Å². The number of piperazine rings is 1. The van der Waals surface area contributed by atoms with Crippen LogP contribution in [0.25, 0.3) is 11.5 Å². The Bertz CT molecular complexity index is 1470. The molecule has 1 aliphatic heterocycles. The zero-order valence-electron chi connectivity index (χ0n) is 21.2. The Morgan fingerprint density at radius 1 is 1.03 bits per heavy atom. The van der Waals surface area contributed by atoms with Gasteiger partial charge in [-0.1, -0.05) is 12.1 Å². The number of fused-ring (bicyclic) bond motifs is 1. The van der Waals surface area contributed by atoms with Crippen molar-refractivity contribution in [2.24, 2.45) is 0 Å². The quantitative estimate of drug-likeness (QED) is 0.278. The minimum Gasteiger partial charge on any atom is -0.340 e. The Morgan fingerprint density at radius 3 is 2.57 bits per heavy atom. The van der Waals surface area contributed by atoms with Crippen LogP contribution in [0, 0.1) is 30.9 Å². The highest BCUT2D eigenvalue weighted by molar-refractivity contribution is 5.76. The van der Waals surface area contributed by atoms with E-state index in [0.717, 1.165) is 35.6 Å². The van der Waals surface area contributed by atoms with Gasteiger partial charge in [-0.15, -0.1) is 15.3 Å². The van der Waals surface area contributed by atoms with Crippen LogP contribution in [0.15, 0.2) is 36.4 Å². The first-order valence-electron chi connectivity index (χ1n) is 12.3. The molecule has 1 saturated heterocycles. The lowest BCUT2D eigenvalue weighted by Crippen LogP contribution is -2.48. The van der Waals surface area contributed by atoms with Gasteiger partial charge in [-0.05, 0) is 50.5 Å². The lowest BCUT2D eigenvalue weighted by Gasteiger charge is -2.34. The second-order valence-corrected chi connectivity index (χ2v) is 9.35. The molecule has 0 atom stereocenters. The number of aryl methyl sites for hydroxylation is 2. The maximum Gasteiger partial charge on any atom is 0.269 e. The van der Waals surface area contributed by atoms with Gasteiger partial charge in [-0.3, -0.25) is 19.8 Å². The fourth-order valence-corrected chi connectivity index (χ4v) is 4.83. The van der Waals surface area contributed by atoms with Crippen molar-refractivity contribution in [3.63, 3.8) is 0 Å². The lowest BCUT2D eigenvalue weighted by atomic mass is 10.1. The highest BCUT2D eigenvalue weighted by Gasteiger charge is 2.23. The third kappa shape index (κ3) is 5.05. The zero-order valence-corrected chi connectivity index (χ0v) is 21.2. The summed E-state index contributed by atoms with van der Waals surface area (Å²) in [6.07, 6.45) is 1.02. The Balaban J connectivity index is 1.18. The van der Waals surface area contributed by atoms with Crippen LogP contribution in [0.2, 0.25) is 0 Å². The normalized spacial score (nSPS) is 14.4. The number of non-ortho nitro benzene ring substituents is 1. The molecular formula is C25H29N9O3. The molecule has 1 fully saturated rings. The topological polar surface area (TPSA) is 128 Å². The van der Waals surface area contributed by atoms with Gasteiger partial charge < -0.3 is 4.90 Å². The van der Waals surface area contributed by atoms with Gasteiger partial charge in [0.1, 0.15) is 0 Å². The van der Waals surface area contributed by atoms with Crippen molar-refractivity contribution in [3.8, 4) is 5.82 Å². The van der Waals surface area contributed by atoms with Crippen molar-refractivity contribution in [1.82, 2.24) is 39.4 Å². The first-order valence-corrected chi connectivity index (χ1v) is 12.3. The third-order valence-electron chi connectivity index (χ3n) is 6.90. The average molecular weight is 504 g/mol. The van der Waals surface area contributed by atoms with Crippen LogP contribution in [0.1, 0.15) is 34.8 Å².